The number of hydrogen-bond acceptors (Lipinski definition) is 2. The number of nitrogens with zero attached hydrogens (tertiary/aromatic N) is 1. The summed E-state index contributed by atoms with van der Waals surface area (Å²) in [5.74, 6) is 0.821. The van der Waals surface area contributed by atoms with Crippen molar-refractivity contribution >= 4 is 5.69 Å². The average molecular weight is 288 g/mol. The molecule has 1 heterocycles. The fourth-order valence-electron chi connectivity index (χ4n) is 3.27. The van der Waals surface area contributed by atoms with E-state index >= 15 is 0 Å². The van der Waals surface area contributed by atoms with Crippen LogP contribution in [-0.4, -0.2) is 25.7 Å². The van der Waals surface area contributed by atoms with E-state index in [1.165, 1.54) is 31.5 Å². The first-order chi connectivity index (χ1) is 9.98. The maximum absolute atomic E-state index is 3.81. The molecule has 0 spiro atoms. The lowest BCUT2D eigenvalue weighted by molar-refractivity contribution is 0.282. The zero-order valence-electron chi connectivity index (χ0n) is 14.2. The molecule has 2 heteroatoms. The molecular weight excluding hydrogens is 256 g/mol. The van der Waals surface area contributed by atoms with Crippen LogP contribution in [-0.2, 0) is 0 Å². The molecule has 2 nitrogen and oxygen atoms in total. The van der Waals surface area contributed by atoms with Gasteiger partial charge in [-0.25, -0.2) is 0 Å². The van der Waals surface area contributed by atoms with E-state index in [1.54, 1.807) is 0 Å². The Morgan fingerprint density at radius 3 is 2.48 bits per heavy atom. The van der Waals surface area contributed by atoms with Gasteiger partial charge in [0.25, 0.3) is 0 Å². The lowest BCUT2D eigenvalue weighted by Crippen LogP contribution is -2.50. The lowest BCUT2D eigenvalue weighted by Gasteiger charge is -2.40. The highest BCUT2D eigenvalue weighted by molar-refractivity contribution is 5.46. The summed E-state index contributed by atoms with van der Waals surface area (Å²) in [6.07, 6.45) is 3.96. The molecule has 118 valence electrons. The van der Waals surface area contributed by atoms with Gasteiger partial charge in [-0.05, 0) is 36.3 Å². The molecule has 1 aliphatic heterocycles. The lowest BCUT2D eigenvalue weighted by atomic mass is 9.89. The molecule has 0 amide bonds. The van der Waals surface area contributed by atoms with Gasteiger partial charge in [-0.1, -0.05) is 52.3 Å². The number of anilines is 1. The van der Waals surface area contributed by atoms with Crippen LogP contribution in [0.4, 0.5) is 5.69 Å². The van der Waals surface area contributed by atoms with Crippen LogP contribution in [0, 0.1) is 11.3 Å². The van der Waals surface area contributed by atoms with Gasteiger partial charge < -0.3 is 10.2 Å². The Morgan fingerprint density at radius 1 is 1.14 bits per heavy atom. The largest absolute Gasteiger partial charge is 0.370 e. The van der Waals surface area contributed by atoms with Crippen molar-refractivity contribution in [1.29, 1.82) is 0 Å². The Hall–Kier alpha value is -1.02. The fourth-order valence-corrected chi connectivity index (χ4v) is 3.27. The molecular formula is C19H32N2. The SMILES string of the molecule is CCCC1CC(NCC(C)(C)C)CN(c2ccccc2)C1. The minimum absolute atomic E-state index is 0.356. The van der Waals surface area contributed by atoms with E-state index in [4.69, 9.17) is 0 Å². The molecule has 2 atom stereocenters. The van der Waals surface area contributed by atoms with E-state index in [1.807, 2.05) is 0 Å². The number of rotatable bonds is 5. The van der Waals surface area contributed by atoms with E-state index in [-0.39, 0.29) is 0 Å². The molecule has 1 aliphatic rings. The summed E-state index contributed by atoms with van der Waals surface area (Å²) >= 11 is 0. The van der Waals surface area contributed by atoms with Gasteiger partial charge in [0.05, 0.1) is 0 Å². The van der Waals surface area contributed by atoms with Crippen molar-refractivity contribution in [2.75, 3.05) is 24.5 Å². The van der Waals surface area contributed by atoms with Gasteiger partial charge in [0.1, 0.15) is 0 Å². The molecule has 2 unspecified atom stereocenters. The predicted molar refractivity (Wildman–Crippen MR) is 92.9 cm³/mol. The zero-order chi connectivity index (χ0) is 15.3. The first kappa shape index (κ1) is 16.4. The minimum Gasteiger partial charge on any atom is -0.370 e. The average Bonchev–Trinajstić information content (AvgIpc) is 2.46. The van der Waals surface area contributed by atoms with Crippen LogP contribution in [0.1, 0.15) is 47.0 Å². The summed E-state index contributed by atoms with van der Waals surface area (Å²) in [7, 11) is 0. The summed E-state index contributed by atoms with van der Waals surface area (Å²) < 4.78 is 0. The van der Waals surface area contributed by atoms with Crippen molar-refractivity contribution in [3.8, 4) is 0 Å². The number of para-hydroxylation sites is 1. The second-order valence-corrected chi connectivity index (χ2v) is 7.77. The fraction of sp³-hybridized carbons (Fsp3) is 0.684. The van der Waals surface area contributed by atoms with Gasteiger partial charge in [0.2, 0.25) is 0 Å². The third-order valence-corrected chi connectivity index (χ3v) is 4.28. The normalized spacial score (nSPS) is 23.3. The maximum Gasteiger partial charge on any atom is 0.0366 e. The quantitative estimate of drug-likeness (QED) is 0.868. The molecule has 0 aliphatic carbocycles. The third kappa shape index (κ3) is 5.35. The van der Waals surface area contributed by atoms with Crippen LogP contribution in [0.15, 0.2) is 30.3 Å². The van der Waals surface area contributed by atoms with Crippen molar-refractivity contribution in [1.82, 2.24) is 5.32 Å². The van der Waals surface area contributed by atoms with E-state index in [9.17, 15) is 0 Å². The molecule has 0 radical (unpaired) electrons. The van der Waals surface area contributed by atoms with Gasteiger partial charge in [0, 0.05) is 31.4 Å². The highest BCUT2D eigenvalue weighted by Gasteiger charge is 2.27. The Balaban J connectivity index is 2.01. The number of piperidine rings is 1. The first-order valence-electron chi connectivity index (χ1n) is 8.51. The summed E-state index contributed by atoms with van der Waals surface area (Å²) in [5, 5.41) is 3.81. The van der Waals surface area contributed by atoms with Crippen molar-refractivity contribution in [2.24, 2.45) is 11.3 Å². The Kier molecular flexibility index (Phi) is 5.69. The molecule has 2 rings (SSSR count). The van der Waals surface area contributed by atoms with Crippen molar-refractivity contribution in [2.45, 2.75) is 53.0 Å². The van der Waals surface area contributed by atoms with Crippen LogP contribution in [0.5, 0.6) is 0 Å². The molecule has 1 fully saturated rings. The van der Waals surface area contributed by atoms with Crippen LogP contribution < -0.4 is 10.2 Å². The van der Waals surface area contributed by atoms with E-state index in [0.717, 1.165) is 19.0 Å². The third-order valence-electron chi connectivity index (χ3n) is 4.28. The molecule has 0 saturated carbocycles. The van der Waals surface area contributed by atoms with E-state index < -0.39 is 0 Å². The molecule has 1 saturated heterocycles. The number of hydrogen-bond donors (Lipinski definition) is 1. The minimum atomic E-state index is 0.356. The zero-order valence-corrected chi connectivity index (χ0v) is 14.2. The standard InChI is InChI=1S/C19H32N2/c1-5-9-16-12-17(20-15-19(2,3)4)14-21(13-16)18-10-7-6-8-11-18/h6-8,10-11,16-17,20H,5,9,12-15H2,1-4H3. The topological polar surface area (TPSA) is 15.3 Å². The Bertz CT molecular complexity index is 407. The molecule has 0 aromatic heterocycles. The van der Waals surface area contributed by atoms with Crippen molar-refractivity contribution in [3.63, 3.8) is 0 Å². The summed E-state index contributed by atoms with van der Waals surface area (Å²) in [4.78, 5) is 2.57. The predicted octanol–water partition coefficient (Wildman–Crippen LogP) is 4.32. The molecule has 1 aromatic carbocycles. The molecule has 1 aromatic rings. The molecule has 0 bridgehead atoms. The Morgan fingerprint density at radius 2 is 1.86 bits per heavy atom. The second-order valence-electron chi connectivity index (χ2n) is 7.77. The van der Waals surface area contributed by atoms with Crippen molar-refractivity contribution in [3.05, 3.63) is 30.3 Å². The van der Waals surface area contributed by atoms with Crippen molar-refractivity contribution < 1.29 is 0 Å². The van der Waals surface area contributed by atoms with Crippen LogP contribution in [0.25, 0.3) is 0 Å². The molecule has 21 heavy (non-hydrogen) atoms. The van der Waals surface area contributed by atoms with Gasteiger partial charge in [-0.3, -0.25) is 0 Å². The van der Waals surface area contributed by atoms with E-state index in [2.05, 4.69) is 68.2 Å². The summed E-state index contributed by atoms with van der Waals surface area (Å²) in [5.41, 5.74) is 1.73. The highest BCUT2D eigenvalue weighted by atomic mass is 15.2. The van der Waals surface area contributed by atoms with Crippen LogP contribution in [0.3, 0.4) is 0 Å². The second kappa shape index (κ2) is 7.31. The monoisotopic (exact) mass is 288 g/mol. The van der Waals surface area contributed by atoms with Crippen LogP contribution >= 0.6 is 0 Å². The van der Waals surface area contributed by atoms with Gasteiger partial charge in [-0.15, -0.1) is 0 Å². The summed E-state index contributed by atoms with van der Waals surface area (Å²) in [6, 6.07) is 11.5. The first-order valence-corrected chi connectivity index (χ1v) is 8.51. The maximum atomic E-state index is 3.81. The van der Waals surface area contributed by atoms with Crippen LogP contribution in [0.2, 0.25) is 0 Å². The number of nitrogens with one attached hydrogen (secondary N) is 1. The van der Waals surface area contributed by atoms with Gasteiger partial charge >= 0.3 is 0 Å². The smallest absolute Gasteiger partial charge is 0.0366 e. The highest BCUT2D eigenvalue weighted by Crippen LogP contribution is 2.26. The van der Waals surface area contributed by atoms with E-state index in [0.29, 0.717) is 11.5 Å². The van der Waals surface area contributed by atoms with Gasteiger partial charge in [-0.2, -0.15) is 0 Å². The Labute approximate surface area is 130 Å². The summed E-state index contributed by atoms with van der Waals surface area (Å²) in [6.45, 7) is 12.7. The van der Waals surface area contributed by atoms with Gasteiger partial charge in [0.15, 0.2) is 0 Å². The number of benzene rings is 1. The molecule has 1 N–H and O–H groups in total.